The monoisotopic (exact) mass is 328 g/mol. The molecular weight excluding hydrogens is 308 g/mol. The fourth-order valence-electron chi connectivity index (χ4n) is 2.81. The van der Waals surface area contributed by atoms with Crippen molar-refractivity contribution >= 4 is 5.91 Å². The predicted octanol–water partition coefficient (Wildman–Crippen LogP) is 0.947. The molecule has 126 valence electrons. The van der Waals surface area contributed by atoms with Gasteiger partial charge in [-0.3, -0.25) is 14.6 Å². The van der Waals surface area contributed by atoms with Crippen LogP contribution in [-0.4, -0.2) is 51.6 Å². The SMILES string of the molecule is Cc1ncccc1C(=O)N1CCO[C@@H](CCc2cc(=O)[nH]cn2)C1. The summed E-state index contributed by atoms with van der Waals surface area (Å²) in [4.78, 5) is 36.6. The summed E-state index contributed by atoms with van der Waals surface area (Å²) in [7, 11) is 0. The summed E-state index contributed by atoms with van der Waals surface area (Å²) >= 11 is 0. The van der Waals surface area contributed by atoms with Gasteiger partial charge in [-0.15, -0.1) is 0 Å². The zero-order valence-electron chi connectivity index (χ0n) is 13.6. The second-order valence-corrected chi connectivity index (χ2v) is 5.82. The highest BCUT2D eigenvalue weighted by Gasteiger charge is 2.26. The van der Waals surface area contributed by atoms with E-state index in [4.69, 9.17) is 4.74 Å². The van der Waals surface area contributed by atoms with Crippen molar-refractivity contribution in [2.24, 2.45) is 0 Å². The summed E-state index contributed by atoms with van der Waals surface area (Å²) in [6.45, 7) is 3.46. The number of nitrogens with zero attached hydrogens (tertiary/aromatic N) is 3. The number of pyridine rings is 1. The van der Waals surface area contributed by atoms with Crippen molar-refractivity contribution in [3.8, 4) is 0 Å². The second-order valence-electron chi connectivity index (χ2n) is 5.82. The van der Waals surface area contributed by atoms with Gasteiger partial charge in [-0.25, -0.2) is 4.98 Å². The zero-order valence-corrected chi connectivity index (χ0v) is 13.6. The molecule has 7 heteroatoms. The molecule has 0 aliphatic carbocycles. The average molecular weight is 328 g/mol. The van der Waals surface area contributed by atoms with E-state index in [1.807, 2.05) is 11.8 Å². The summed E-state index contributed by atoms with van der Waals surface area (Å²) in [6, 6.07) is 5.07. The van der Waals surface area contributed by atoms with E-state index in [-0.39, 0.29) is 17.6 Å². The molecule has 7 nitrogen and oxygen atoms in total. The number of carbonyl (C=O) groups excluding carboxylic acids is 1. The largest absolute Gasteiger partial charge is 0.375 e. The maximum atomic E-state index is 12.7. The molecule has 3 rings (SSSR count). The highest BCUT2D eigenvalue weighted by atomic mass is 16.5. The minimum absolute atomic E-state index is 0.0109. The Morgan fingerprint density at radius 2 is 2.33 bits per heavy atom. The van der Waals surface area contributed by atoms with Crippen molar-refractivity contribution < 1.29 is 9.53 Å². The van der Waals surface area contributed by atoms with Crippen LogP contribution in [0, 0.1) is 6.92 Å². The number of hydrogen-bond acceptors (Lipinski definition) is 5. The van der Waals surface area contributed by atoms with Gasteiger partial charge in [0, 0.05) is 36.7 Å². The third kappa shape index (κ3) is 3.86. The molecule has 1 atom stereocenters. The van der Waals surface area contributed by atoms with Crippen molar-refractivity contribution in [3.05, 3.63) is 58.0 Å². The minimum atomic E-state index is -0.159. The van der Waals surface area contributed by atoms with Crippen LogP contribution in [0.15, 0.2) is 35.5 Å². The van der Waals surface area contributed by atoms with Gasteiger partial charge >= 0.3 is 0 Å². The molecule has 1 fully saturated rings. The van der Waals surface area contributed by atoms with Gasteiger partial charge in [0.1, 0.15) is 0 Å². The van der Waals surface area contributed by atoms with E-state index in [1.165, 1.54) is 12.4 Å². The lowest BCUT2D eigenvalue weighted by molar-refractivity contribution is -0.0247. The Balaban J connectivity index is 1.61. The molecule has 1 aliphatic rings. The maximum absolute atomic E-state index is 12.7. The number of aromatic amines is 1. The summed E-state index contributed by atoms with van der Waals surface area (Å²) in [6.07, 6.45) is 4.39. The van der Waals surface area contributed by atoms with Crippen LogP contribution in [-0.2, 0) is 11.2 Å². The molecule has 1 aliphatic heterocycles. The summed E-state index contributed by atoms with van der Waals surface area (Å²) in [5.41, 5.74) is 1.94. The fraction of sp³-hybridized carbons (Fsp3) is 0.412. The van der Waals surface area contributed by atoms with Gasteiger partial charge < -0.3 is 14.6 Å². The van der Waals surface area contributed by atoms with E-state index in [0.717, 1.165) is 11.4 Å². The van der Waals surface area contributed by atoms with Crippen LogP contribution in [0.1, 0.15) is 28.2 Å². The normalized spacial score (nSPS) is 17.7. The molecule has 1 N–H and O–H groups in total. The summed E-state index contributed by atoms with van der Waals surface area (Å²) in [5.74, 6) is -0.0109. The van der Waals surface area contributed by atoms with Crippen molar-refractivity contribution in [1.82, 2.24) is 19.9 Å². The standard InChI is InChI=1S/C17H20N4O3/c1-12-15(3-2-6-18-12)17(23)21-7-8-24-14(10-21)5-4-13-9-16(22)20-11-19-13/h2-3,6,9,11,14H,4-5,7-8,10H2,1H3,(H,19,20,22)/t14-/m0/s1. The Labute approximate surface area is 139 Å². The fourth-order valence-corrected chi connectivity index (χ4v) is 2.81. The Bertz CT molecular complexity index is 774. The molecule has 0 bridgehead atoms. The van der Waals surface area contributed by atoms with Crippen LogP contribution in [0.2, 0.25) is 0 Å². The Morgan fingerprint density at radius 1 is 1.46 bits per heavy atom. The number of ether oxygens (including phenoxy) is 1. The van der Waals surface area contributed by atoms with Gasteiger partial charge in [0.25, 0.3) is 11.5 Å². The molecule has 2 aromatic rings. The topological polar surface area (TPSA) is 88.2 Å². The molecule has 2 aromatic heterocycles. The minimum Gasteiger partial charge on any atom is -0.375 e. The molecular formula is C17H20N4O3. The molecule has 0 saturated carbocycles. The number of nitrogens with one attached hydrogen (secondary N) is 1. The molecule has 0 aromatic carbocycles. The van der Waals surface area contributed by atoms with E-state index in [9.17, 15) is 9.59 Å². The zero-order chi connectivity index (χ0) is 16.9. The Hall–Kier alpha value is -2.54. The third-order valence-corrected chi connectivity index (χ3v) is 4.12. The number of H-pyrrole nitrogens is 1. The van der Waals surface area contributed by atoms with E-state index in [0.29, 0.717) is 38.1 Å². The number of aromatic nitrogens is 3. The molecule has 1 amide bonds. The number of amides is 1. The molecule has 0 unspecified atom stereocenters. The average Bonchev–Trinajstić information content (AvgIpc) is 2.60. The van der Waals surface area contributed by atoms with Crippen LogP contribution < -0.4 is 5.56 Å². The van der Waals surface area contributed by atoms with Crippen molar-refractivity contribution in [2.45, 2.75) is 25.9 Å². The van der Waals surface area contributed by atoms with Gasteiger partial charge in [0.2, 0.25) is 0 Å². The van der Waals surface area contributed by atoms with Crippen molar-refractivity contribution in [3.63, 3.8) is 0 Å². The lowest BCUT2D eigenvalue weighted by atomic mass is 10.1. The van der Waals surface area contributed by atoms with Crippen LogP contribution in [0.25, 0.3) is 0 Å². The molecule has 0 radical (unpaired) electrons. The molecule has 0 spiro atoms. The quantitative estimate of drug-likeness (QED) is 0.903. The van der Waals surface area contributed by atoms with Gasteiger partial charge in [0.05, 0.1) is 24.6 Å². The van der Waals surface area contributed by atoms with Gasteiger partial charge in [0.15, 0.2) is 0 Å². The summed E-state index contributed by atoms with van der Waals surface area (Å²) in [5, 5.41) is 0. The number of hydrogen-bond donors (Lipinski definition) is 1. The second kappa shape index (κ2) is 7.35. The van der Waals surface area contributed by atoms with E-state index in [2.05, 4.69) is 15.0 Å². The number of rotatable bonds is 4. The van der Waals surface area contributed by atoms with Crippen molar-refractivity contribution in [1.29, 1.82) is 0 Å². The van der Waals surface area contributed by atoms with Crippen LogP contribution in [0.4, 0.5) is 0 Å². The third-order valence-electron chi connectivity index (χ3n) is 4.12. The highest BCUT2D eigenvalue weighted by Crippen LogP contribution is 2.15. The smallest absolute Gasteiger partial charge is 0.255 e. The van der Waals surface area contributed by atoms with E-state index < -0.39 is 0 Å². The van der Waals surface area contributed by atoms with Gasteiger partial charge in [-0.1, -0.05) is 0 Å². The van der Waals surface area contributed by atoms with Gasteiger partial charge in [-0.05, 0) is 31.9 Å². The van der Waals surface area contributed by atoms with E-state index in [1.54, 1.807) is 18.3 Å². The molecule has 1 saturated heterocycles. The predicted molar refractivity (Wildman–Crippen MR) is 87.8 cm³/mol. The first-order valence-corrected chi connectivity index (χ1v) is 7.99. The highest BCUT2D eigenvalue weighted by molar-refractivity contribution is 5.95. The molecule has 24 heavy (non-hydrogen) atoms. The first-order valence-electron chi connectivity index (χ1n) is 7.99. The van der Waals surface area contributed by atoms with Crippen LogP contribution in [0.3, 0.4) is 0 Å². The van der Waals surface area contributed by atoms with Crippen LogP contribution in [0.5, 0.6) is 0 Å². The number of aryl methyl sites for hydroxylation is 2. The first-order chi connectivity index (χ1) is 11.6. The lowest BCUT2D eigenvalue weighted by Crippen LogP contribution is -2.46. The van der Waals surface area contributed by atoms with E-state index >= 15 is 0 Å². The Morgan fingerprint density at radius 3 is 3.12 bits per heavy atom. The van der Waals surface area contributed by atoms with Crippen LogP contribution >= 0.6 is 0 Å². The number of carbonyl (C=O) groups is 1. The lowest BCUT2D eigenvalue weighted by Gasteiger charge is -2.33. The first kappa shape index (κ1) is 16.3. The summed E-state index contributed by atoms with van der Waals surface area (Å²) < 4.78 is 5.75. The van der Waals surface area contributed by atoms with Gasteiger partial charge in [-0.2, -0.15) is 0 Å². The Kier molecular flexibility index (Phi) is 5.00. The van der Waals surface area contributed by atoms with Crippen molar-refractivity contribution in [2.75, 3.05) is 19.7 Å². The number of morpholine rings is 1. The molecule has 3 heterocycles. The maximum Gasteiger partial charge on any atom is 0.255 e.